The number of rotatable bonds is 8. The molecule has 1 aromatic carbocycles. The number of amidine groups is 1. The third-order valence-electron chi connectivity index (χ3n) is 4.03. The number of carboxylic acids is 1. The van der Waals surface area contributed by atoms with Crippen LogP contribution in [0.1, 0.15) is 18.4 Å². The van der Waals surface area contributed by atoms with E-state index in [0.717, 1.165) is 4.90 Å². The lowest BCUT2D eigenvalue weighted by molar-refractivity contribution is -0.158. The summed E-state index contributed by atoms with van der Waals surface area (Å²) in [6.07, 6.45) is 0.528. The Hall–Kier alpha value is -3.43. The van der Waals surface area contributed by atoms with Crippen molar-refractivity contribution in [3.05, 3.63) is 29.8 Å². The van der Waals surface area contributed by atoms with E-state index in [1.807, 2.05) is 0 Å². The van der Waals surface area contributed by atoms with Gasteiger partial charge >= 0.3 is 17.8 Å². The summed E-state index contributed by atoms with van der Waals surface area (Å²) in [5.41, 5.74) is 6.48. The largest absolute Gasteiger partial charge is 0.480 e. The molecular weight excluding hydrogens is 354 g/mol. The summed E-state index contributed by atoms with van der Waals surface area (Å²) in [5, 5.41) is 18.7. The number of amides is 3. The van der Waals surface area contributed by atoms with Crippen LogP contribution in [0.15, 0.2) is 24.3 Å². The molecule has 10 nitrogen and oxygen atoms in total. The highest BCUT2D eigenvalue weighted by atomic mass is 16.4. The van der Waals surface area contributed by atoms with Crippen LogP contribution < -0.4 is 11.1 Å². The summed E-state index contributed by atoms with van der Waals surface area (Å²) < 4.78 is 0. The van der Waals surface area contributed by atoms with Crippen LogP contribution in [-0.2, 0) is 19.2 Å². The number of benzene rings is 1. The number of hydrogen-bond donors (Lipinski definition) is 4. The molecule has 10 heteroatoms. The molecule has 1 aliphatic heterocycles. The van der Waals surface area contributed by atoms with Gasteiger partial charge in [0.25, 0.3) is 0 Å². The minimum Gasteiger partial charge on any atom is -0.480 e. The summed E-state index contributed by atoms with van der Waals surface area (Å²) >= 11 is 0. The number of nitrogens with one attached hydrogen (secondary N) is 2. The Morgan fingerprint density at radius 2 is 1.70 bits per heavy atom. The molecule has 0 aliphatic carbocycles. The Balaban J connectivity index is 1.76. The zero-order valence-electron chi connectivity index (χ0n) is 14.6. The highest BCUT2D eigenvalue weighted by Crippen LogP contribution is 2.11. The van der Waals surface area contributed by atoms with Crippen LogP contribution in [0.5, 0.6) is 0 Å². The van der Waals surface area contributed by atoms with Gasteiger partial charge < -0.3 is 26.0 Å². The van der Waals surface area contributed by atoms with Gasteiger partial charge in [0.2, 0.25) is 5.91 Å². The Bertz CT molecular complexity index is 761. The first-order valence-electron chi connectivity index (χ1n) is 8.32. The molecule has 1 heterocycles. The van der Waals surface area contributed by atoms with Gasteiger partial charge in [0.1, 0.15) is 12.4 Å². The average molecular weight is 375 g/mol. The fraction of sp³-hybridized carbons (Fsp3) is 0.353. The van der Waals surface area contributed by atoms with E-state index < -0.39 is 24.3 Å². The molecule has 1 fully saturated rings. The Kier molecular flexibility index (Phi) is 6.47. The van der Waals surface area contributed by atoms with Crippen molar-refractivity contribution in [3.8, 4) is 0 Å². The van der Waals surface area contributed by atoms with Crippen molar-refractivity contribution in [3.63, 3.8) is 0 Å². The molecule has 3 amide bonds. The molecule has 0 bridgehead atoms. The first-order chi connectivity index (χ1) is 12.8. The minimum atomic E-state index is -1.17. The van der Waals surface area contributed by atoms with Crippen LogP contribution >= 0.6 is 0 Å². The van der Waals surface area contributed by atoms with Crippen LogP contribution in [0.25, 0.3) is 0 Å². The maximum absolute atomic E-state index is 12.0. The Morgan fingerprint density at radius 3 is 2.30 bits per heavy atom. The monoisotopic (exact) mass is 375 g/mol. The first-order valence-corrected chi connectivity index (χ1v) is 8.32. The standard InChI is InChI=1S/C17H21N5O5/c18-15(19)11-3-5-12(6-4-11)20-13(23)2-1-7-21-8-9-22(10-14(24)25)17(27)16(21)26/h3-6H,1-2,7-10H2,(H3,18,19)(H,20,23)(H,24,25). The van der Waals surface area contributed by atoms with Gasteiger partial charge in [0.15, 0.2) is 0 Å². The zero-order valence-corrected chi connectivity index (χ0v) is 14.6. The highest BCUT2D eigenvalue weighted by molar-refractivity contribution is 6.35. The number of carbonyl (C=O) groups is 4. The molecule has 5 N–H and O–H groups in total. The van der Waals surface area contributed by atoms with Crippen LogP contribution in [0, 0.1) is 5.41 Å². The summed E-state index contributed by atoms with van der Waals surface area (Å²) in [6, 6.07) is 6.52. The van der Waals surface area contributed by atoms with E-state index >= 15 is 0 Å². The second-order valence-corrected chi connectivity index (χ2v) is 6.06. The van der Waals surface area contributed by atoms with Gasteiger partial charge in [-0.2, -0.15) is 0 Å². The normalized spacial score (nSPS) is 14.2. The molecule has 0 spiro atoms. The maximum Gasteiger partial charge on any atom is 0.323 e. The van der Waals surface area contributed by atoms with Gasteiger partial charge in [0.05, 0.1) is 0 Å². The highest BCUT2D eigenvalue weighted by Gasteiger charge is 2.33. The maximum atomic E-state index is 12.0. The molecule has 0 unspecified atom stereocenters. The molecule has 1 aliphatic rings. The average Bonchev–Trinajstić information content (AvgIpc) is 2.61. The molecule has 27 heavy (non-hydrogen) atoms. The number of nitrogens with two attached hydrogens (primary N) is 1. The Morgan fingerprint density at radius 1 is 1.11 bits per heavy atom. The van der Waals surface area contributed by atoms with E-state index in [-0.39, 0.29) is 37.8 Å². The van der Waals surface area contributed by atoms with Crippen molar-refractivity contribution < 1.29 is 24.3 Å². The lowest BCUT2D eigenvalue weighted by Crippen LogP contribution is -2.55. The number of aliphatic carboxylic acids is 1. The van der Waals surface area contributed by atoms with E-state index in [2.05, 4.69) is 5.32 Å². The molecule has 1 saturated heterocycles. The van der Waals surface area contributed by atoms with Crippen molar-refractivity contribution in [1.29, 1.82) is 5.41 Å². The van der Waals surface area contributed by atoms with E-state index in [1.54, 1.807) is 24.3 Å². The number of anilines is 1. The van der Waals surface area contributed by atoms with Gasteiger partial charge in [-0.1, -0.05) is 0 Å². The van der Waals surface area contributed by atoms with E-state index in [4.69, 9.17) is 16.2 Å². The molecular formula is C17H21N5O5. The van der Waals surface area contributed by atoms with Crippen molar-refractivity contribution in [2.45, 2.75) is 12.8 Å². The molecule has 1 aromatic rings. The number of piperazine rings is 1. The smallest absolute Gasteiger partial charge is 0.323 e. The number of hydrogen-bond acceptors (Lipinski definition) is 5. The second-order valence-electron chi connectivity index (χ2n) is 6.06. The zero-order chi connectivity index (χ0) is 20.0. The summed E-state index contributed by atoms with van der Waals surface area (Å²) in [4.78, 5) is 48.8. The lowest BCUT2D eigenvalue weighted by Gasteiger charge is -2.32. The van der Waals surface area contributed by atoms with Crippen LogP contribution in [0.2, 0.25) is 0 Å². The lowest BCUT2D eigenvalue weighted by atomic mass is 10.2. The molecule has 2 rings (SSSR count). The molecule has 144 valence electrons. The summed E-state index contributed by atoms with van der Waals surface area (Å²) in [7, 11) is 0. The first kappa shape index (κ1) is 19.9. The van der Waals surface area contributed by atoms with Crippen molar-refractivity contribution in [2.24, 2.45) is 5.73 Å². The van der Waals surface area contributed by atoms with Crippen LogP contribution in [0.4, 0.5) is 5.69 Å². The summed E-state index contributed by atoms with van der Waals surface area (Å²) in [6.45, 7) is 0.142. The van der Waals surface area contributed by atoms with Gasteiger partial charge in [-0.15, -0.1) is 0 Å². The number of nitrogens with zero attached hydrogens (tertiary/aromatic N) is 2. The predicted octanol–water partition coefficient (Wildman–Crippen LogP) is -0.555. The van der Waals surface area contributed by atoms with Crippen molar-refractivity contribution in [2.75, 3.05) is 31.5 Å². The van der Waals surface area contributed by atoms with Gasteiger partial charge in [-0.05, 0) is 30.7 Å². The fourth-order valence-corrected chi connectivity index (χ4v) is 2.63. The molecule has 0 atom stereocenters. The van der Waals surface area contributed by atoms with Gasteiger partial charge in [-0.25, -0.2) is 0 Å². The third kappa shape index (κ3) is 5.53. The quantitative estimate of drug-likeness (QED) is 0.271. The van der Waals surface area contributed by atoms with E-state index in [0.29, 0.717) is 17.7 Å². The SMILES string of the molecule is N=C(N)c1ccc(NC(=O)CCCN2CCN(CC(=O)O)C(=O)C2=O)cc1. The van der Waals surface area contributed by atoms with Crippen LogP contribution in [-0.4, -0.2) is 70.6 Å². The fourth-order valence-electron chi connectivity index (χ4n) is 2.63. The number of nitrogen functional groups attached to an aromatic ring is 1. The van der Waals surface area contributed by atoms with E-state index in [9.17, 15) is 19.2 Å². The molecule has 0 saturated carbocycles. The van der Waals surface area contributed by atoms with Gasteiger partial charge in [-0.3, -0.25) is 24.6 Å². The topological polar surface area (TPSA) is 157 Å². The predicted molar refractivity (Wildman–Crippen MR) is 96.1 cm³/mol. The van der Waals surface area contributed by atoms with Crippen LogP contribution in [0.3, 0.4) is 0 Å². The van der Waals surface area contributed by atoms with Crippen molar-refractivity contribution in [1.82, 2.24) is 9.80 Å². The second kappa shape index (κ2) is 8.79. The minimum absolute atomic E-state index is 0.0597. The van der Waals surface area contributed by atoms with Gasteiger partial charge in [0, 0.05) is 37.3 Å². The Labute approximate surface area is 155 Å². The summed E-state index contributed by atoms with van der Waals surface area (Å²) in [5.74, 6) is -3.05. The van der Waals surface area contributed by atoms with Crippen molar-refractivity contribution >= 4 is 35.2 Å². The van der Waals surface area contributed by atoms with E-state index in [1.165, 1.54) is 4.90 Å². The third-order valence-corrected chi connectivity index (χ3v) is 4.03. The number of carbonyl (C=O) groups excluding carboxylic acids is 3. The number of carboxylic acid groups (broad SMARTS) is 1. The molecule has 0 aromatic heterocycles. The molecule has 0 radical (unpaired) electrons.